The van der Waals surface area contributed by atoms with Gasteiger partial charge in [0.25, 0.3) is 0 Å². The molecule has 0 atom stereocenters. The smallest absolute Gasteiger partial charge is 0.175 e. The van der Waals surface area contributed by atoms with E-state index in [0.717, 1.165) is 20.9 Å². The number of aryl methyl sites for hydroxylation is 1. The third-order valence-corrected chi connectivity index (χ3v) is 3.68. The highest BCUT2D eigenvalue weighted by atomic mass is 32.1. The summed E-state index contributed by atoms with van der Waals surface area (Å²) in [4.78, 5) is 18.0. The molecule has 0 saturated heterocycles. The maximum Gasteiger partial charge on any atom is 0.175 e. The molecule has 3 heteroatoms. The van der Waals surface area contributed by atoms with Crippen molar-refractivity contribution in [2.24, 2.45) is 5.92 Å². The number of aromatic nitrogens is 1. The average molecular weight is 245 g/mol. The highest BCUT2D eigenvalue weighted by Gasteiger charge is 2.13. The summed E-state index contributed by atoms with van der Waals surface area (Å²) in [5.74, 6) is 0.263. The van der Waals surface area contributed by atoms with Crippen molar-refractivity contribution in [2.45, 2.75) is 20.8 Å². The van der Waals surface area contributed by atoms with Crippen LogP contribution in [0, 0.1) is 12.8 Å². The van der Waals surface area contributed by atoms with Gasteiger partial charge >= 0.3 is 0 Å². The average Bonchev–Trinajstić information content (AvgIpc) is 2.77. The summed E-state index contributed by atoms with van der Waals surface area (Å²) in [7, 11) is 0. The van der Waals surface area contributed by atoms with Gasteiger partial charge in [0.05, 0.1) is 4.88 Å². The summed E-state index contributed by atoms with van der Waals surface area (Å²) in [5, 5.41) is 0. The van der Waals surface area contributed by atoms with Crippen LogP contribution < -0.4 is 0 Å². The predicted molar refractivity (Wildman–Crippen MR) is 71.5 cm³/mol. The molecule has 0 N–H and O–H groups in total. The Labute approximate surface area is 105 Å². The lowest BCUT2D eigenvalue weighted by molar-refractivity contribution is 0.0943. The SMILES string of the molecule is Cc1cncc(-c2ccc(C(=O)C(C)C)s2)c1. The summed E-state index contributed by atoms with van der Waals surface area (Å²) < 4.78 is 0. The molecule has 17 heavy (non-hydrogen) atoms. The Bertz CT molecular complexity index is 543. The Morgan fingerprint density at radius 3 is 2.71 bits per heavy atom. The van der Waals surface area contributed by atoms with Crippen LogP contribution in [-0.4, -0.2) is 10.8 Å². The molecule has 0 saturated carbocycles. The highest BCUT2D eigenvalue weighted by Crippen LogP contribution is 2.29. The minimum atomic E-state index is 0.0529. The van der Waals surface area contributed by atoms with E-state index in [4.69, 9.17) is 0 Å². The van der Waals surface area contributed by atoms with Crippen molar-refractivity contribution in [1.82, 2.24) is 4.98 Å². The molecule has 0 aliphatic rings. The molecular formula is C14H15NOS. The lowest BCUT2D eigenvalue weighted by Crippen LogP contribution is -2.04. The van der Waals surface area contributed by atoms with E-state index in [1.807, 2.05) is 45.3 Å². The van der Waals surface area contributed by atoms with Gasteiger partial charge in [-0.25, -0.2) is 0 Å². The second-order valence-corrected chi connectivity index (χ2v) is 5.52. The van der Waals surface area contributed by atoms with E-state index in [0.29, 0.717) is 0 Å². The molecule has 0 fully saturated rings. The highest BCUT2D eigenvalue weighted by molar-refractivity contribution is 7.17. The summed E-state index contributed by atoms with van der Waals surface area (Å²) >= 11 is 1.54. The van der Waals surface area contributed by atoms with Gasteiger partial charge in [0, 0.05) is 28.8 Å². The molecule has 2 aromatic rings. The van der Waals surface area contributed by atoms with Crippen LogP contribution in [0.15, 0.2) is 30.6 Å². The zero-order valence-corrected chi connectivity index (χ0v) is 11.0. The van der Waals surface area contributed by atoms with Crippen LogP contribution in [0.1, 0.15) is 29.1 Å². The van der Waals surface area contributed by atoms with Gasteiger partial charge in [0.1, 0.15) is 0 Å². The topological polar surface area (TPSA) is 30.0 Å². The summed E-state index contributed by atoms with van der Waals surface area (Å²) in [6, 6.07) is 5.99. The number of Topliss-reactive ketones (excluding diaryl/α,β-unsaturated/α-hetero) is 1. The molecule has 2 nitrogen and oxygen atoms in total. The number of nitrogens with zero attached hydrogens (tertiary/aromatic N) is 1. The molecule has 0 aliphatic carbocycles. The number of hydrogen-bond donors (Lipinski definition) is 0. The third kappa shape index (κ3) is 2.61. The van der Waals surface area contributed by atoms with E-state index in [-0.39, 0.29) is 11.7 Å². The number of thiophene rings is 1. The Hall–Kier alpha value is -1.48. The van der Waals surface area contributed by atoms with Gasteiger partial charge in [0.15, 0.2) is 5.78 Å². The fraction of sp³-hybridized carbons (Fsp3) is 0.286. The van der Waals surface area contributed by atoms with Crippen LogP contribution in [0.25, 0.3) is 10.4 Å². The first-order chi connectivity index (χ1) is 8.08. The minimum Gasteiger partial charge on any atom is -0.293 e. The largest absolute Gasteiger partial charge is 0.293 e. The molecule has 88 valence electrons. The van der Waals surface area contributed by atoms with Gasteiger partial charge in [-0.1, -0.05) is 13.8 Å². The number of carbonyl (C=O) groups is 1. The van der Waals surface area contributed by atoms with Crippen LogP contribution in [0.3, 0.4) is 0 Å². The van der Waals surface area contributed by atoms with E-state index in [9.17, 15) is 4.79 Å². The van der Waals surface area contributed by atoms with Gasteiger partial charge in [-0.05, 0) is 30.7 Å². The van der Waals surface area contributed by atoms with Crippen molar-refractivity contribution in [2.75, 3.05) is 0 Å². The van der Waals surface area contributed by atoms with Crippen molar-refractivity contribution in [1.29, 1.82) is 0 Å². The number of ketones is 1. The van der Waals surface area contributed by atoms with Gasteiger partial charge in [-0.2, -0.15) is 0 Å². The van der Waals surface area contributed by atoms with Gasteiger partial charge in [-0.15, -0.1) is 11.3 Å². The fourth-order valence-electron chi connectivity index (χ4n) is 1.60. The van der Waals surface area contributed by atoms with Crippen LogP contribution in [-0.2, 0) is 0 Å². The van der Waals surface area contributed by atoms with Crippen molar-refractivity contribution >= 4 is 17.1 Å². The molecule has 0 bridgehead atoms. The van der Waals surface area contributed by atoms with Crippen LogP contribution in [0.5, 0.6) is 0 Å². The lowest BCUT2D eigenvalue weighted by atomic mass is 10.1. The molecule has 0 aromatic carbocycles. The maximum atomic E-state index is 11.9. The van der Waals surface area contributed by atoms with E-state index < -0.39 is 0 Å². The number of hydrogen-bond acceptors (Lipinski definition) is 3. The fourth-order valence-corrected chi connectivity index (χ4v) is 2.67. The molecule has 0 radical (unpaired) electrons. The van der Waals surface area contributed by atoms with Crippen LogP contribution >= 0.6 is 11.3 Å². The zero-order valence-electron chi connectivity index (χ0n) is 10.2. The normalized spacial score (nSPS) is 10.8. The van der Waals surface area contributed by atoms with Crippen molar-refractivity contribution < 1.29 is 4.79 Å². The summed E-state index contributed by atoms with van der Waals surface area (Å²) in [6.07, 6.45) is 3.67. The quantitative estimate of drug-likeness (QED) is 0.766. The summed E-state index contributed by atoms with van der Waals surface area (Å²) in [6.45, 7) is 5.87. The van der Waals surface area contributed by atoms with E-state index in [2.05, 4.69) is 11.1 Å². The Kier molecular flexibility index (Phi) is 3.38. The van der Waals surface area contributed by atoms with Crippen molar-refractivity contribution in [3.8, 4) is 10.4 Å². The molecule has 0 spiro atoms. The monoisotopic (exact) mass is 245 g/mol. The molecule has 2 aromatic heterocycles. The van der Waals surface area contributed by atoms with Crippen LogP contribution in [0.2, 0.25) is 0 Å². The molecule has 2 rings (SSSR count). The van der Waals surface area contributed by atoms with E-state index in [1.54, 1.807) is 11.3 Å². The second-order valence-electron chi connectivity index (χ2n) is 4.43. The Morgan fingerprint density at radius 1 is 1.29 bits per heavy atom. The second kappa shape index (κ2) is 4.80. The van der Waals surface area contributed by atoms with Crippen molar-refractivity contribution in [3.05, 3.63) is 41.0 Å². The van der Waals surface area contributed by atoms with E-state index >= 15 is 0 Å². The number of pyridine rings is 1. The Balaban J connectivity index is 2.33. The molecule has 0 amide bonds. The number of rotatable bonds is 3. The number of carbonyl (C=O) groups excluding carboxylic acids is 1. The molecule has 0 aliphatic heterocycles. The lowest BCUT2D eigenvalue weighted by Gasteiger charge is -2.00. The first-order valence-electron chi connectivity index (χ1n) is 5.64. The van der Waals surface area contributed by atoms with Gasteiger partial charge < -0.3 is 0 Å². The Morgan fingerprint density at radius 2 is 2.06 bits per heavy atom. The first kappa shape index (κ1) is 12.0. The molecule has 0 unspecified atom stereocenters. The van der Waals surface area contributed by atoms with Gasteiger partial charge in [0.2, 0.25) is 0 Å². The molecular weight excluding hydrogens is 230 g/mol. The zero-order chi connectivity index (χ0) is 12.4. The standard InChI is InChI=1S/C14H15NOS/c1-9(2)14(16)13-5-4-12(17-13)11-6-10(3)7-15-8-11/h4-9H,1-3H3. The van der Waals surface area contributed by atoms with Crippen molar-refractivity contribution in [3.63, 3.8) is 0 Å². The van der Waals surface area contributed by atoms with Crippen LogP contribution in [0.4, 0.5) is 0 Å². The maximum absolute atomic E-state index is 11.9. The predicted octanol–water partition coefficient (Wildman–Crippen LogP) is 3.96. The van der Waals surface area contributed by atoms with Gasteiger partial charge in [-0.3, -0.25) is 9.78 Å². The molecule has 2 heterocycles. The summed E-state index contributed by atoms with van der Waals surface area (Å²) in [5.41, 5.74) is 2.21. The van der Waals surface area contributed by atoms with E-state index in [1.165, 1.54) is 0 Å². The third-order valence-electron chi connectivity index (χ3n) is 2.53. The first-order valence-corrected chi connectivity index (χ1v) is 6.45. The minimum absolute atomic E-state index is 0.0529.